The molecule has 2 aliphatic rings. The van der Waals surface area contributed by atoms with E-state index in [-0.39, 0.29) is 41.9 Å². The first-order valence-corrected chi connectivity index (χ1v) is 13.1. The Labute approximate surface area is 187 Å². The zero-order valence-electron chi connectivity index (χ0n) is 17.6. The highest BCUT2D eigenvalue weighted by atomic mass is 32.2. The third-order valence-electron chi connectivity index (χ3n) is 5.33. The second-order valence-corrected chi connectivity index (χ2v) is 11.2. The first-order chi connectivity index (χ1) is 14.8. The summed E-state index contributed by atoms with van der Waals surface area (Å²) in [5.41, 5.74) is 2.27. The monoisotopic (exact) mass is 470 g/mol. The third-order valence-corrected chi connectivity index (χ3v) is 8.47. The number of aliphatic hydroxyl groups is 2. The lowest BCUT2D eigenvalue weighted by atomic mass is 10.1. The van der Waals surface area contributed by atoms with Crippen molar-refractivity contribution < 1.29 is 23.4 Å². The predicted octanol–water partition coefficient (Wildman–Crippen LogP) is 0.0818. The van der Waals surface area contributed by atoms with Crippen molar-refractivity contribution in [3.63, 3.8) is 0 Å². The van der Waals surface area contributed by atoms with Crippen LogP contribution in [0.5, 0.6) is 0 Å². The molecule has 1 amide bonds. The van der Waals surface area contributed by atoms with E-state index in [9.17, 15) is 13.2 Å². The fourth-order valence-electron chi connectivity index (χ4n) is 3.65. The van der Waals surface area contributed by atoms with Gasteiger partial charge < -0.3 is 20.8 Å². The first-order valence-electron chi connectivity index (χ1n) is 10.4. The molecule has 9 nitrogen and oxygen atoms in total. The van der Waals surface area contributed by atoms with Crippen molar-refractivity contribution in [3.05, 3.63) is 29.3 Å². The summed E-state index contributed by atoms with van der Waals surface area (Å²) < 4.78 is 23.4. The normalized spacial score (nSPS) is 21.7. The molecule has 2 heterocycles. The largest absolute Gasteiger partial charge is 0.395 e. The van der Waals surface area contributed by atoms with Gasteiger partial charge in [-0.2, -0.15) is 0 Å². The van der Waals surface area contributed by atoms with Crippen molar-refractivity contribution in [2.24, 2.45) is 4.99 Å². The first kappa shape index (κ1) is 24.0. The molecular formula is C20H30N4O5S2. The molecule has 0 saturated carbocycles. The molecule has 1 saturated heterocycles. The molecule has 172 valence electrons. The van der Waals surface area contributed by atoms with Gasteiger partial charge in [0.1, 0.15) is 0 Å². The number of carbonyl (C=O) groups excluding carboxylic acids is 1. The Morgan fingerprint density at radius 3 is 2.65 bits per heavy atom. The number of hydrogen-bond donors (Lipinski definition) is 4. The number of nitrogens with zero attached hydrogens (tertiary/aromatic N) is 2. The predicted molar refractivity (Wildman–Crippen MR) is 124 cm³/mol. The molecule has 31 heavy (non-hydrogen) atoms. The lowest BCUT2D eigenvalue weighted by Gasteiger charge is -2.20. The number of rotatable bonds is 10. The summed E-state index contributed by atoms with van der Waals surface area (Å²) in [6.45, 7) is 4.17. The van der Waals surface area contributed by atoms with Crippen molar-refractivity contribution in [2.75, 3.05) is 56.2 Å². The van der Waals surface area contributed by atoms with Gasteiger partial charge in [-0.15, -0.1) is 0 Å². The lowest BCUT2D eigenvalue weighted by Crippen LogP contribution is -2.33. The summed E-state index contributed by atoms with van der Waals surface area (Å²) in [5, 5.41) is 24.9. The molecule has 0 aliphatic carbocycles. The molecule has 0 aromatic heterocycles. The maximum Gasteiger partial charge on any atom is 0.251 e. The van der Waals surface area contributed by atoms with E-state index >= 15 is 0 Å². The number of carbonyl (C=O) groups is 1. The molecule has 1 aromatic carbocycles. The SMILES string of the molecule is Cc1ccc(C(=O)NCCCN(CCO)CCO)cc1NC1=N[C@H]2CS(=O)(=O)C[C@@H]2S1. The summed E-state index contributed by atoms with van der Waals surface area (Å²) in [4.78, 5) is 19.0. The fraction of sp³-hybridized carbons (Fsp3) is 0.600. The Hall–Kier alpha value is -1.66. The number of amidine groups is 1. The number of aryl methyl sites for hydroxylation is 1. The number of sulfone groups is 1. The molecule has 1 aromatic rings. The van der Waals surface area contributed by atoms with Gasteiger partial charge in [-0.25, -0.2) is 8.42 Å². The summed E-state index contributed by atoms with van der Waals surface area (Å²) in [6.07, 6.45) is 0.710. The van der Waals surface area contributed by atoms with E-state index < -0.39 is 9.84 Å². The number of amides is 1. The highest BCUT2D eigenvalue weighted by Crippen LogP contribution is 2.35. The van der Waals surface area contributed by atoms with Crippen LogP contribution in [0, 0.1) is 6.92 Å². The maximum absolute atomic E-state index is 12.5. The van der Waals surface area contributed by atoms with Gasteiger partial charge >= 0.3 is 0 Å². The summed E-state index contributed by atoms with van der Waals surface area (Å²) in [6, 6.07) is 5.22. The molecule has 2 atom stereocenters. The Kier molecular flexibility index (Phi) is 8.34. The average Bonchev–Trinajstić information content (AvgIpc) is 3.19. The van der Waals surface area contributed by atoms with Gasteiger partial charge in [-0.1, -0.05) is 17.8 Å². The third kappa shape index (κ3) is 6.66. The Bertz CT molecular complexity index is 916. The van der Waals surface area contributed by atoms with Gasteiger partial charge in [0.25, 0.3) is 5.91 Å². The molecule has 0 bridgehead atoms. The zero-order valence-corrected chi connectivity index (χ0v) is 19.2. The number of benzene rings is 1. The van der Waals surface area contributed by atoms with Gasteiger partial charge in [0.05, 0.1) is 30.8 Å². The van der Waals surface area contributed by atoms with Gasteiger partial charge in [0.15, 0.2) is 15.0 Å². The quantitative estimate of drug-likeness (QED) is 0.354. The number of aliphatic hydroxyl groups excluding tert-OH is 2. The topological polar surface area (TPSA) is 131 Å². The molecule has 0 radical (unpaired) electrons. The fourth-order valence-corrected chi connectivity index (χ4v) is 7.32. The van der Waals surface area contributed by atoms with Crippen LogP contribution in [0.1, 0.15) is 22.3 Å². The maximum atomic E-state index is 12.5. The molecule has 4 N–H and O–H groups in total. The number of anilines is 1. The minimum Gasteiger partial charge on any atom is -0.395 e. The van der Waals surface area contributed by atoms with Gasteiger partial charge in [-0.3, -0.25) is 14.7 Å². The number of thioether (sulfide) groups is 1. The number of aliphatic imine (C=N–C) groups is 1. The van der Waals surface area contributed by atoms with Crippen LogP contribution in [-0.2, 0) is 9.84 Å². The minimum absolute atomic E-state index is 0.0319. The number of hydrogen-bond acceptors (Lipinski definition) is 9. The standard InChI is InChI=1S/C20H30N4O5S2/c1-14-3-4-15(19(27)21-5-2-6-24(7-9-25)8-10-26)11-16(14)22-20-23-17-12-31(28,29)13-18(17)30-20/h3-4,11,17-18,25-26H,2,5-10,12-13H2,1H3,(H,21,27)(H,22,23)/t17-,18-/m0/s1. The van der Waals surface area contributed by atoms with Gasteiger partial charge in [0, 0.05) is 36.1 Å². The second kappa shape index (κ2) is 10.8. The number of fused-ring (bicyclic) bond motifs is 1. The molecule has 11 heteroatoms. The number of nitrogens with one attached hydrogen (secondary N) is 2. The van der Waals surface area contributed by atoms with Crippen LogP contribution in [0.15, 0.2) is 23.2 Å². The van der Waals surface area contributed by atoms with Crippen LogP contribution >= 0.6 is 11.8 Å². The van der Waals surface area contributed by atoms with Crippen LogP contribution in [0.2, 0.25) is 0 Å². The van der Waals surface area contributed by atoms with Crippen molar-refractivity contribution in [1.29, 1.82) is 0 Å². The van der Waals surface area contributed by atoms with Crippen LogP contribution in [-0.4, -0.2) is 96.8 Å². The van der Waals surface area contributed by atoms with Crippen LogP contribution in [0.3, 0.4) is 0 Å². The van der Waals surface area contributed by atoms with Crippen molar-refractivity contribution in [1.82, 2.24) is 10.2 Å². The average molecular weight is 471 g/mol. The second-order valence-electron chi connectivity index (χ2n) is 7.79. The van der Waals surface area contributed by atoms with Crippen molar-refractivity contribution in [3.8, 4) is 0 Å². The molecule has 0 spiro atoms. The van der Waals surface area contributed by atoms with E-state index in [4.69, 9.17) is 10.2 Å². The highest BCUT2D eigenvalue weighted by molar-refractivity contribution is 8.15. The Morgan fingerprint density at radius 1 is 1.23 bits per heavy atom. The van der Waals surface area contributed by atoms with E-state index in [1.54, 1.807) is 12.1 Å². The molecule has 1 fully saturated rings. The summed E-state index contributed by atoms with van der Waals surface area (Å²) in [5.74, 6) is 0.0838. The molecular weight excluding hydrogens is 440 g/mol. The van der Waals surface area contributed by atoms with Crippen molar-refractivity contribution in [2.45, 2.75) is 24.6 Å². The Morgan fingerprint density at radius 2 is 1.97 bits per heavy atom. The van der Waals surface area contributed by atoms with E-state index in [0.717, 1.165) is 11.3 Å². The van der Waals surface area contributed by atoms with Crippen LogP contribution in [0.25, 0.3) is 0 Å². The van der Waals surface area contributed by atoms with Crippen molar-refractivity contribution >= 4 is 38.4 Å². The van der Waals surface area contributed by atoms with Crippen LogP contribution < -0.4 is 10.6 Å². The van der Waals surface area contributed by atoms with E-state index in [2.05, 4.69) is 15.6 Å². The zero-order chi connectivity index (χ0) is 22.4. The van der Waals surface area contributed by atoms with Crippen LogP contribution in [0.4, 0.5) is 5.69 Å². The minimum atomic E-state index is -2.99. The van der Waals surface area contributed by atoms with E-state index in [0.29, 0.717) is 43.3 Å². The van der Waals surface area contributed by atoms with E-state index in [1.807, 2.05) is 17.9 Å². The highest BCUT2D eigenvalue weighted by Gasteiger charge is 2.42. The molecule has 2 aliphatic heterocycles. The lowest BCUT2D eigenvalue weighted by molar-refractivity contribution is 0.0949. The van der Waals surface area contributed by atoms with Gasteiger partial charge in [-0.05, 0) is 37.6 Å². The smallest absolute Gasteiger partial charge is 0.251 e. The Balaban J connectivity index is 1.53. The molecule has 0 unspecified atom stereocenters. The molecule has 3 rings (SSSR count). The summed E-state index contributed by atoms with van der Waals surface area (Å²) in [7, 11) is -2.99. The van der Waals surface area contributed by atoms with E-state index in [1.165, 1.54) is 11.8 Å². The summed E-state index contributed by atoms with van der Waals surface area (Å²) >= 11 is 1.45. The van der Waals surface area contributed by atoms with Gasteiger partial charge in [0.2, 0.25) is 0 Å².